The van der Waals surface area contributed by atoms with E-state index >= 15 is 0 Å². The van der Waals surface area contributed by atoms with Gasteiger partial charge in [0.2, 0.25) is 0 Å². The third kappa shape index (κ3) is 5.33. The maximum atomic E-state index is 13.9. The molecule has 2 atom stereocenters. The summed E-state index contributed by atoms with van der Waals surface area (Å²) in [5.41, 5.74) is -0.0449. The average molecular weight is 307 g/mol. The SMILES string of the molecule is C=C1N(CC/C=C/C)[C@@H](/C=C/CC(C)CC#CC)CC1(F)F. The van der Waals surface area contributed by atoms with Gasteiger partial charge in [-0.2, -0.15) is 8.78 Å². The summed E-state index contributed by atoms with van der Waals surface area (Å²) in [6.45, 7) is 10.1. The highest BCUT2D eigenvalue weighted by Gasteiger charge is 2.46. The van der Waals surface area contributed by atoms with Crippen molar-refractivity contribution in [3.8, 4) is 11.8 Å². The predicted molar refractivity (Wildman–Crippen MR) is 89.6 cm³/mol. The topological polar surface area (TPSA) is 3.24 Å². The molecule has 122 valence electrons. The van der Waals surface area contributed by atoms with Gasteiger partial charge < -0.3 is 4.90 Å². The predicted octanol–water partition coefficient (Wildman–Crippen LogP) is 5.17. The first-order valence-corrected chi connectivity index (χ1v) is 7.93. The molecule has 1 aliphatic rings. The maximum absolute atomic E-state index is 13.9. The number of allylic oxidation sites excluding steroid dienone is 3. The zero-order chi connectivity index (χ0) is 16.6. The number of likely N-dealkylation sites (tertiary alicyclic amines) is 1. The van der Waals surface area contributed by atoms with Gasteiger partial charge in [0.25, 0.3) is 5.92 Å². The van der Waals surface area contributed by atoms with Gasteiger partial charge in [0.15, 0.2) is 0 Å². The summed E-state index contributed by atoms with van der Waals surface area (Å²) < 4.78 is 27.8. The van der Waals surface area contributed by atoms with E-state index in [1.165, 1.54) is 0 Å². The highest BCUT2D eigenvalue weighted by molar-refractivity contribution is 5.20. The Bertz CT molecular complexity index is 479. The third-order valence-electron chi connectivity index (χ3n) is 3.93. The molecule has 0 radical (unpaired) electrons. The summed E-state index contributed by atoms with van der Waals surface area (Å²) in [6, 6.07) is -0.253. The molecule has 1 fully saturated rings. The van der Waals surface area contributed by atoms with Crippen LogP contribution in [0.4, 0.5) is 8.78 Å². The van der Waals surface area contributed by atoms with Crippen LogP contribution in [0.1, 0.15) is 46.5 Å². The van der Waals surface area contributed by atoms with Crippen molar-refractivity contribution in [2.75, 3.05) is 6.54 Å². The molecule has 1 unspecified atom stereocenters. The number of halogens is 2. The second-order valence-corrected chi connectivity index (χ2v) is 5.87. The monoisotopic (exact) mass is 307 g/mol. The van der Waals surface area contributed by atoms with Gasteiger partial charge >= 0.3 is 0 Å². The Labute approximate surface area is 133 Å². The van der Waals surface area contributed by atoms with E-state index in [0.29, 0.717) is 12.5 Å². The van der Waals surface area contributed by atoms with Crippen LogP contribution < -0.4 is 0 Å². The van der Waals surface area contributed by atoms with Crippen molar-refractivity contribution in [2.45, 2.75) is 58.4 Å². The van der Waals surface area contributed by atoms with Gasteiger partial charge in [-0.3, -0.25) is 0 Å². The van der Waals surface area contributed by atoms with Crippen molar-refractivity contribution in [3.63, 3.8) is 0 Å². The Morgan fingerprint density at radius 3 is 2.82 bits per heavy atom. The number of rotatable bonds is 7. The molecule has 3 heteroatoms. The molecule has 0 bridgehead atoms. The van der Waals surface area contributed by atoms with Crippen molar-refractivity contribution in [1.82, 2.24) is 4.90 Å². The summed E-state index contributed by atoms with van der Waals surface area (Å²) in [6.07, 6.45) is 10.2. The molecule has 0 amide bonds. The minimum Gasteiger partial charge on any atom is -0.363 e. The summed E-state index contributed by atoms with van der Waals surface area (Å²) in [5, 5.41) is 0. The van der Waals surface area contributed by atoms with E-state index < -0.39 is 5.92 Å². The Kier molecular flexibility index (Phi) is 7.38. The molecule has 1 heterocycles. The highest BCUT2D eigenvalue weighted by atomic mass is 19.3. The molecule has 1 saturated heterocycles. The first kappa shape index (κ1) is 18.5. The smallest absolute Gasteiger partial charge is 0.289 e. The molecule has 0 aromatic heterocycles. The van der Waals surface area contributed by atoms with Crippen molar-refractivity contribution in [3.05, 3.63) is 36.6 Å². The van der Waals surface area contributed by atoms with Gasteiger partial charge in [0, 0.05) is 19.4 Å². The summed E-state index contributed by atoms with van der Waals surface area (Å²) in [5.74, 6) is 3.60. The van der Waals surface area contributed by atoms with Gasteiger partial charge in [0.05, 0.1) is 11.7 Å². The number of hydrogen-bond acceptors (Lipinski definition) is 1. The zero-order valence-corrected chi connectivity index (χ0v) is 13.9. The fourth-order valence-electron chi connectivity index (χ4n) is 2.58. The lowest BCUT2D eigenvalue weighted by molar-refractivity contribution is 0.0453. The minimum absolute atomic E-state index is 0.0449. The van der Waals surface area contributed by atoms with Crippen LogP contribution in [0.15, 0.2) is 36.6 Å². The molecule has 0 aromatic carbocycles. The second kappa shape index (κ2) is 8.78. The van der Waals surface area contributed by atoms with Gasteiger partial charge in [-0.05, 0) is 32.6 Å². The molecule has 1 rings (SSSR count). The Balaban J connectivity index is 2.64. The average Bonchev–Trinajstić information content (AvgIpc) is 2.68. The van der Waals surface area contributed by atoms with E-state index in [9.17, 15) is 8.78 Å². The van der Waals surface area contributed by atoms with E-state index in [0.717, 1.165) is 19.3 Å². The molecule has 0 spiro atoms. The van der Waals surface area contributed by atoms with E-state index in [2.05, 4.69) is 25.3 Å². The first-order valence-electron chi connectivity index (χ1n) is 7.93. The van der Waals surface area contributed by atoms with Crippen LogP contribution in [0.2, 0.25) is 0 Å². The molecular formula is C19H27F2N. The standard InChI is InChI=1S/C19H27F2N/c1-5-7-9-14-22-17(4)19(20,21)15-18(22)13-10-12-16(3)11-8-6-2/h5,7,10,13,16,18H,4,9,11-12,14-15H2,1-3H3/b7-5+,13-10+/t16?,18-/m0/s1. The summed E-state index contributed by atoms with van der Waals surface area (Å²) in [4.78, 5) is 1.74. The van der Waals surface area contributed by atoms with Gasteiger partial charge in [-0.15, -0.1) is 11.8 Å². The zero-order valence-electron chi connectivity index (χ0n) is 13.9. The summed E-state index contributed by atoms with van der Waals surface area (Å²) >= 11 is 0. The van der Waals surface area contributed by atoms with Crippen LogP contribution in [-0.4, -0.2) is 23.4 Å². The molecule has 0 saturated carbocycles. The molecule has 0 N–H and O–H groups in total. The highest BCUT2D eigenvalue weighted by Crippen LogP contribution is 2.40. The van der Waals surface area contributed by atoms with E-state index in [-0.39, 0.29) is 18.2 Å². The Morgan fingerprint density at radius 1 is 1.45 bits per heavy atom. The third-order valence-corrected chi connectivity index (χ3v) is 3.93. The lowest BCUT2D eigenvalue weighted by Gasteiger charge is -2.24. The van der Waals surface area contributed by atoms with Gasteiger partial charge in [-0.1, -0.05) is 37.8 Å². The number of alkyl halides is 2. The van der Waals surface area contributed by atoms with E-state index in [1.54, 1.807) is 4.90 Å². The quantitative estimate of drug-likeness (QED) is 0.463. The normalized spacial score (nSPS) is 22.3. The second-order valence-electron chi connectivity index (χ2n) is 5.87. The van der Waals surface area contributed by atoms with Crippen molar-refractivity contribution < 1.29 is 8.78 Å². The molecule has 0 aliphatic carbocycles. The largest absolute Gasteiger partial charge is 0.363 e. The lowest BCUT2D eigenvalue weighted by atomic mass is 10.0. The van der Waals surface area contributed by atoms with Crippen LogP contribution in [0, 0.1) is 17.8 Å². The molecule has 22 heavy (non-hydrogen) atoms. The maximum Gasteiger partial charge on any atom is 0.289 e. The number of nitrogens with zero attached hydrogens (tertiary/aromatic N) is 1. The van der Waals surface area contributed by atoms with Crippen LogP contribution in [0.3, 0.4) is 0 Å². The first-order chi connectivity index (χ1) is 10.4. The van der Waals surface area contributed by atoms with Crippen LogP contribution in [0.25, 0.3) is 0 Å². The molecule has 1 aliphatic heterocycles. The van der Waals surface area contributed by atoms with Gasteiger partial charge in [-0.25, -0.2) is 0 Å². The molecule has 1 nitrogen and oxygen atoms in total. The Morgan fingerprint density at radius 2 is 2.18 bits per heavy atom. The van der Waals surface area contributed by atoms with Crippen molar-refractivity contribution in [2.24, 2.45) is 5.92 Å². The molecular weight excluding hydrogens is 280 g/mol. The van der Waals surface area contributed by atoms with Crippen LogP contribution >= 0.6 is 0 Å². The van der Waals surface area contributed by atoms with Crippen molar-refractivity contribution in [1.29, 1.82) is 0 Å². The Hall–Kier alpha value is -1.56. The van der Waals surface area contributed by atoms with Crippen LogP contribution in [-0.2, 0) is 0 Å². The van der Waals surface area contributed by atoms with E-state index in [1.807, 2.05) is 38.2 Å². The number of hydrogen-bond donors (Lipinski definition) is 0. The summed E-state index contributed by atoms with van der Waals surface area (Å²) in [7, 11) is 0. The fraction of sp³-hybridized carbons (Fsp3) is 0.579. The fourth-order valence-corrected chi connectivity index (χ4v) is 2.58. The minimum atomic E-state index is -2.79. The van der Waals surface area contributed by atoms with Crippen LogP contribution in [0.5, 0.6) is 0 Å². The van der Waals surface area contributed by atoms with Gasteiger partial charge in [0.1, 0.15) is 0 Å². The van der Waals surface area contributed by atoms with E-state index in [4.69, 9.17) is 0 Å². The molecule has 0 aromatic rings. The van der Waals surface area contributed by atoms with Crippen molar-refractivity contribution >= 4 is 0 Å². The lowest BCUT2D eigenvalue weighted by Crippen LogP contribution is -2.28.